The van der Waals surface area contributed by atoms with Crippen LogP contribution in [0.1, 0.15) is 25.3 Å². The number of hydrogen-bond acceptors (Lipinski definition) is 5. The summed E-state index contributed by atoms with van der Waals surface area (Å²) in [7, 11) is 0. The van der Waals surface area contributed by atoms with Gasteiger partial charge in [0, 0.05) is 42.5 Å². The average molecular weight is 389 g/mol. The number of esters is 1. The molecule has 3 aromatic rings. The zero-order valence-electron chi connectivity index (χ0n) is 16.8. The van der Waals surface area contributed by atoms with Gasteiger partial charge in [-0.05, 0) is 48.9 Å². The van der Waals surface area contributed by atoms with E-state index < -0.39 is 0 Å². The Labute approximate surface area is 171 Å². The topological polar surface area (TPSA) is 68.5 Å². The van der Waals surface area contributed by atoms with Gasteiger partial charge in [-0.3, -0.25) is 9.78 Å². The fourth-order valence-electron chi connectivity index (χ4n) is 4.14. The molecule has 0 bridgehead atoms. The minimum absolute atomic E-state index is 0.0234. The van der Waals surface area contributed by atoms with E-state index in [0.717, 1.165) is 53.5 Å². The second kappa shape index (κ2) is 8.62. The molecule has 0 saturated carbocycles. The summed E-state index contributed by atoms with van der Waals surface area (Å²) >= 11 is 0. The van der Waals surface area contributed by atoms with E-state index in [0.29, 0.717) is 13.2 Å². The molecule has 0 spiro atoms. The van der Waals surface area contributed by atoms with Gasteiger partial charge in [0.1, 0.15) is 0 Å². The van der Waals surface area contributed by atoms with Crippen LogP contribution in [0.5, 0.6) is 0 Å². The van der Waals surface area contributed by atoms with E-state index >= 15 is 0 Å². The number of aromatic nitrogens is 1. The van der Waals surface area contributed by atoms with E-state index in [1.165, 1.54) is 5.69 Å². The highest BCUT2D eigenvalue weighted by Crippen LogP contribution is 2.32. The first-order valence-corrected chi connectivity index (χ1v) is 10.3. The molecule has 1 saturated heterocycles. The molecule has 4 rings (SSSR count). The molecule has 5 heteroatoms. The first-order valence-electron chi connectivity index (χ1n) is 10.3. The predicted octanol–water partition coefficient (Wildman–Crippen LogP) is 4.14. The summed E-state index contributed by atoms with van der Waals surface area (Å²) in [5, 5.41) is 2.28. The van der Waals surface area contributed by atoms with E-state index in [9.17, 15) is 4.79 Å². The van der Waals surface area contributed by atoms with Crippen LogP contribution in [0, 0.1) is 5.92 Å². The summed E-state index contributed by atoms with van der Waals surface area (Å²) in [6.45, 7) is 4.53. The molecule has 29 heavy (non-hydrogen) atoms. The monoisotopic (exact) mass is 389 g/mol. The van der Waals surface area contributed by atoms with E-state index in [4.69, 9.17) is 10.5 Å². The van der Waals surface area contributed by atoms with Crippen molar-refractivity contribution < 1.29 is 9.53 Å². The largest absolute Gasteiger partial charge is 0.466 e. The maximum Gasteiger partial charge on any atom is 0.309 e. The fraction of sp³-hybridized carbons (Fsp3) is 0.333. The van der Waals surface area contributed by atoms with E-state index in [1.54, 1.807) is 0 Å². The number of rotatable bonds is 5. The summed E-state index contributed by atoms with van der Waals surface area (Å²) in [5.41, 5.74) is 10.3. The minimum atomic E-state index is -0.0556. The van der Waals surface area contributed by atoms with Gasteiger partial charge in [0.15, 0.2) is 0 Å². The first kappa shape index (κ1) is 19.4. The number of nitrogens with two attached hydrogens (primary N) is 1. The number of benzene rings is 2. The van der Waals surface area contributed by atoms with Gasteiger partial charge in [-0.2, -0.15) is 0 Å². The van der Waals surface area contributed by atoms with Gasteiger partial charge in [0.25, 0.3) is 0 Å². The number of hydrogen-bond donors (Lipinski definition) is 1. The van der Waals surface area contributed by atoms with Crippen LogP contribution in [0.25, 0.3) is 22.0 Å². The van der Waals surface area contributed by atoms with Crippen molar-refractivity contribution in [1.29, 1.82) is 0 Å². The molecule has 1 aromatic heterocycles. The van der Waals surface area contributed by atoms with Crippen molar-refractivity contribution in [3.63, 3.8) is 0 Å². The van der Waals surface area contributed by atoms with Crippen LogP contribution in [0.2, 0.25) is 0 Å². The summed E-state index contributed by atoms with van der Waals surface area (Å²) in [4.78, 5) is 19.0. The van der Waals surface area contributed by atoms with Crippen LogP contribution in [-0.2, 0) is 16.1 Å². The van der Waals surface area contributed by atoms with Crippen LogP contribution < -0.4 is 10.6 Å². The van der Waals surface area contributed by atoms with Crippen LogP contribution >= 0.6 is 0 Å². The van der Waals surface area contributed by atoms with Crippen molar-refractivity contribution >= 4 is 22.4 Å². The second-order valence-electron chi connectivity index (χ2n) is 7.44. The molecule has 150 valence electrons. The number of carbonyl (C=O) groups excluding carboxylic acids is 1. The molecule has 2 heterocycles. The molecule has 1 fully saturated rings. The second-order valence-corrected chi connectivity index (χ2v) is 7.44. The Hall–Kier alpha value is -2.92. The Balaban J connectivity index is 1.59. The normalized spacial score (nSPS) is 14.9. The van der Waals surface area contributed by atoms with Crippen molar-refractivity contribution in [3.8, 4) is 11.3 Å². The maximum atomic E-state index is 12.0. The highest BCUT2D eigenvalue weighted by Gasteiger charge is 2.26. The van der Waals surface area contributed by atoms with Crippen LogP contribution in [0.15, 0.2) is 54.7 Å². The number of anilines is 1. The maximum absolute atomic E-state index is 12.0. The molecule has 5 nitrogen and oxygen atoms in total. The number of fused-ring (bicyclic) bond motifs is 1. The quantitative estimate of drug-likeness (QED) is 0.664. The number of carbonyl (C=O) groups is 1. The third-order valence-corrected chi connectivity index (χ3v) is 5.72. The number of ether oxygens (including phenoxy) is 1. The first-order chi connectivity index (χ1) is 14.2. The molecular weight excluding hydrogens is 362 g/mol. The van der Waals surface area contributed by atoms with Gasteiger partial charge in [0.05, 0.1) is 18.2 Å². The zero-order chi connectivity index (χ0) is 20.2. The summed E-state index contributed by atoms with van der Waals surface area (Å²) < 4.78 is 5.18. The van der Waals surface area contributed by atoms with Gasteiger partial charge >= 0.3 is 5.97 Å². The van der Waals surface area contributed by atoms with Crippen molar-refractivity contribution in [2.75, 3.05) is 24.6 Å². The standard InChI is InChI=1S/C24H27N3O2/c1-2-29-24(28)17-10-13-27(14-11-17)20-7-8-22-18(15-20)9-12-26-23(22)21-6-4-3-5-19(21)16-25/h3-9,12,15,17H,2,10-11,13-14,16,25H2,1H3. The third-order valence-electron chi connectivity index (χ3n) is 5.72. The molecule has 0 unspecified atom stereocenters. The van der Waals surface area contributed by atoms with Crippen molar-refractivity contribution in [3.05, 3.63) is 60.3 Å². The lowest BCUT2D eigenvalue weighted by Crippen LogP contribution is -2.36. The Kier molecular flexibility index (Phi) is 5.76. The van der Waals surface area contributed by atoms with E-state index in [1.807, 2.05) is 25.3 Å². The Morgan fingerprint density at radius 1 is 1.17 bits per heavy atom. The smallest absolute Gasteiger partial charge is 0.309 e. The minimum Gasteiger partial charge on any atom is -0.466 e. The molecule has 2 N–H and O–H groups in total. The SMILES string of the molecule is CCOC(=O)C1CCN(c2ccc3c(-c4ccccc4CN)nccc3c2)CC1. The van der Waals surface area contributed by atoms with Crippen molar-refractivity contribution in [2.24, 2.45) is 11.7 Å². The lowest BCUT2D eigenvalue weighted by atomic mass is 9.96. The Bertz CT molecular complexity index is 1010. The Morgan fingerprint density at radius 2 is 1.97 bits per heavy atom. The lowest BCUT2D eigenvalue weighted by Gasteiger charge is -2.32. The molecule has 1 aliphatic rings. The van der Waals surface area contributed by atoms with Crippen LogP contribution in [0.4, 0.5) is 5.69 Å². The fourth-order valence-corrected chi connectivity index (χ4v) is 4.14. The van der Waals surface area contributed by atoms with Gasteiger partial charge in [0.2, 0.25) is 0 Å². The molecule has 0 amide bonds. The Morgan fingerprint density at radius 3 is 2.72 bits per heavy atom. The molecule has 0 radical (unpaired) electrons. The van der Waals surface area contributed by atoms with Crippen LogP contribution in [0.3, 0.4) is 0 Å². The number of nitrogens with zero attached hydrogens (tertiary/aromatic N) is 2. The van der Waals surface area contributed by atoms with E-state index in [-0.39, 0.29) is 11.9 Å². The van der Waals surface area contributed by atoms with Crippen molar-refractivity contribution in [1.82, 2.24) is 4.98 Å². The predicted molar refractivity (Wildman–Crippen MR) is 117 cm³/mol. The summed E-state index contributed by atoms with van der Waals surface area (Å²) in [6, 6.07) is 16.7. The molecular formula is C24H27N3O2. The lowest BCUT2D eigenvalue weighted by molar-refractivity contribution is -0.148. The molecule has 2 aromatic carbocycles. The van der Waals surface area contributed by atoms with Gasteiger partial charge in [-0.25, -0.2) is 0 Å². The van der Waals surface area contributed by atoms with E-state index in [2.05, 4.69) is 46.3 Å². The average Bonchev–Trinajstić information content (AvgIpc) is 2.78. The molecule has 1 aliphatic heterocycles. The van der Waals surface area contributed by atoms with Gasteiger partial charge < -0.3 is 15.4 Å². The molecule has 0 aliphatic carbocycles. The van der Waals surface area contributed by atoms with Crippen molar-refractivity contribution in [2.45, 2.75) is 26.3 Å². The third kappa shape index (κ3) is 3.96. The zero-order valence-corrected chi connectivity index (χ0v) is 16.8. The number of piperidine rings is 1. The number of pyridine rings is 1. The molecule has 0 atom stereocenters. The highest BCUT2D eigenvalue weighted by molar-refractivity contribution is 5.96. The van der Waals surface area contributed by atoms with Gasteiger partial charge in [-0.15, -0.1) is 0 Å². The summed E-state index contributed by atoms with van der Waals surface area (Å²) in [6.07, 6.45) is 3.53. The van der Waals surface area contributed by atoms with Crippen LogP contribution in [-0.4, -0.2) is 30.6 Å². The van der Waals surface area contributed by atoms with Gasteiger partial charge in [-0.1, -0.05) is 30.3 Å². The summed E-state index contributed by atoms with van der Waals surface area (Å²) in [5.74, 6) is -0.0322. The highest BCUT2D eigenvalue weighted by atomic mass is 16.5.